The Morgan fingerprint density at radius 1 is 1.27 bits per heavy atom. The molecule has 2 unspecified atom stereocenters. The second-order valence-corrected chi connectivity index (χ2v) is 3.35. The highest BCUT2D eigenvalue weighted by atomic mass is 14.9. The summed E-state index contributed by atoms with van der Waals surface area (Å²) >= 11 is 0. The van der Waals surface area contributed by atoms with Gasteiger partial charge in [0.1, 0.15) is 6.34 Å². The average Bonchev–Trinajstić information content (AvgIpc) is 1.98. The van der Waals surface area contributed by atoms with Crippen molar-refractivity contribution < 1.29 is 0 Å². The Morgan fingerprint density at radius 2 is 1.91 bits per heavy atom. The van der Waals surface area contributed by atoms with E-state index in [1.807, 2.05) is 6.92 Å². The van der Waals surface area contributed by atoms with E-state index in [1.54, 1.807) is 12.6 Å². The first-order valence-electron chi connectivity index (χ1n) is 4.25. The van der Waals surface area contributed by atoms with Crippen LogP contribution in [0, 0.1) is 11.8 Å². The average molecular weight is 152 g/mol. The van der Waals surface area contributed by atoms with Crippen molar-refractivity contribution in [3.8, 4) is 0 Å². The quantitative estimate of drug-likeness (QED) is 0.428. The molecule has 0 radical (unpaired) electrons. The number of rotatable bonds is 2. The topological polar surface area (TPSA) is 24.7 Å². The molecule has 0 aromatic carbocycles. The van der Waals surface area contributed by atoms with E-state index < -0.39 is 0 Å². The first-order chi connectivity index (χ1) is 5.25. The third-order valence-electron chi connectivity index (χ3n) is 2.36. The molecule has 0 spiro atoms. The maximum absolute atomic E-state index is 4.36. The molecule has 0 saturated heterocycles. The van der Waals surface area contributed by atoms with Crippen LogP contribution in [-0.4, -0.2) is 18.6 Å². The summed E-state index contributed by atoms with van der Waals surface area (Å²) in [5.41, 5.74) is 0. The first kappa shape index (κ1) is 8.44. The second-order valence-electron chi connectivity index (χ2n) is 3.35. The number of aliphatic imine (C=N–C) groups is 2. The minimum Gasteiger partial charge on any atom is -0.270 e. The normalized spacial score (nSPS) is 38.3. The van der Waals surface area contributed by atoms with E-state index in [0.29, 0.717) is 6.04 Å². The van der Waals surface area contributed by atoms with Crippen LogP contribution >= 0.6 is 0 Å². The van der Waals surface area contributed by atoms with Crippen LogP contribution in [0.4, 0.5) is 0 Å². The SMILES string of the molecule is CC=NC=NC1C(C)CC1C. The molecule has 0 aromatic rings. The van der Waals surface area contributed by atoms with E-state index >= 15 is 0 Å². The molecule has 0 heterocycles. The maximum Gasteiger partial charge on any atom is 0.109 e. The lowest BCUT2D eigenvalue weighted by atomic mass is 9.72. The molecule has 0 N–H and O–H groups in total. The van der Waals surface area contributed by atoms with Gasteiger partial charge in [0.15, 0.2) is 0 Å². The maximum atomic E-state index is 4.36. The molecule has 1 saturated carbocycles. The minimum atomic E-state index is 0.527. The zero-order chi connectivity index (χ0) is 8.27. The zero-order valence-corrected chi connectivity index (χ0v) is 7.49. The van der Waals surface area contributed by atoms with Gasteiger partial charge in [0.2, 0.25) is 0 Å². The molecule has 0 bridgehead atoms. The number of hydrogen-bond acceptors (Lipinski definition) is 1. The van der Waals surface area contributed by atoms with Gasteiger partial charge in [-0.25, -0.2) is 4.99 Å². The van der Waals surface area contributed by atoms with Crippen LogP contribution in [0.15, 0.2) is 9.98 Å². The Labute approximate surface area is 68.4 Å². The summed E-state index contributed by atoms with van der Waals surface area (Å²) in [5.74, 6) is 1.52. The van der Waals surface area contributed by atoms with Gasteiger partial charge in [-0.05, 0) is 25.2 Å². The fraction of sp³-hybridized carbons (Fsp3) is 0.778. The first-order valence-corrected chi connectivity index (χ1v) is 4.25. The van der Waals surface area contributed by atoms with E-state index in [1.165, 1.54) is 6.42 Å². The highest BCUT2D eigenvalue weighted by Gasteiger charge is 2.33. The molecule has 1 aliphatic rings. The molecule has 0 aliphatic heterocycles. The number of hydrogen-bond donors (Lipinski definition) is 0. The van der Waals surface area contributed by atoms with E-state index in [-0.39, 0.29) is 0 Å². The minimum absolute atomic E-state index is 0.527. The van der Waals surface area contributed by atoms with Gasteiger partial charge in [-0.15, -0.1) is 0 Å². The third-order valence-corrected chi connectivity index (χ3v) is 2.36. The predicted molar refractivity (Wildman–Crippen MR) is 49.4 cm³/mol. The molecule has 2 heteroatoms. The summed E-state index contributed by atoms with van der Waals surface area (Å²) in [4.78, 5) is 8.30. The largest absolute Gasteiger partial charge is 0.270 e. The van der Waals surface area contributed by atoms with Gasteiger partial charge in [0.05, 0.1) is 6.04 Å². The molecule has 1 rings (SSSR count). The molecule has 11 heavy (non-hydrogen) atoms. The van der Waals surface area contributed by atoms with Gasteiger partial charge < -0.3 is 0 Å². The summed E-state index contributed by atoms with van der Waals surface area (Å²) in [7, 11) is 0. The number of nitrogens with zero attached hydrogens (tertiary/aromatic N) is 2. The van der Waals surface area contributed by atoms with Gasteiger partial charge in [0.25, 0.3) is 0 Å². The van der Waals surface area contributed by atoms with Crippen molar-refractivity contribution in [3.63, 3.8) is 0 Å². The van der Waals surface area contributed by atoms with Gasteiger partial charge >= 0.3 is 0 Å². The van der Waals surface area contributed by atoms with Crippen molar-refractivity contribution in [2.75, 3.05) is 0 Å². The van der Waals surface area contributed by atoms with Crippen molar-refractivity contribution >= 4 is 12.6 Å². The smallest absolute Gasteiger partial charge is 0.109 e. The molecule has 0 aromatic heterocycles. The highest BCUT2D eigenvalue weighted by Crippen LogP contribution is 2.35. The zero-order valence-electron chi connectivity index (χ0n) is 7.49. The van der Waals surface area contributed by atoms with Crippen molar-refractivity contribution in [3.05, 3.63) is 0 Å². The predicted octanol–water partition coefficient (Wildman–Crippen LogP) is 2.15. The van der Waals surface area contributed by atoms with Crippen LogP contribution in [0.3, 0.4) is 0 Å². The Bertz CT molecular complexity index is 164. The third kappa shape index (κ3) is 1.88. The molecule has 0 amide bonds. The Balaban J connectivity index is 2.36. The lowest BCUT2D eigenvalue weighted by Crippen LogP contribution is -2.36. The van der Waals surface area contributed by atoms with Gasteiger partial charge in [-0.1, -0.05) is 13.8 Å². The Morgan fingerprint density at radius 3 is 2.36 bits per heavy atom. The van der Waals surface area contributed by atoms with E-state index in [4.69, 9.17) is 0 Å². The molecule has 1 aliphatic carbocycles. The van der Waals surface area contributed by atoms with Crippen molar-refractivity contribution in [1.82, 2.24) is 0 Å². The second kappa shape index (κ2) is 3.65. The summed E-state index contributed by atoms with van der Waals surface area (Å²) in [5, 5.41) is 0. The molecular weight excluding hydrogens is 136 g/mol. The van der Waals surface area contributed by atoms with Crippen molar-refractivity contribution in [2.24, 2.45) is 21.8 Å². The fourth-order valence-corrected chi connectivity index (χ4v) is 1.71. The van der Waals surface area contributed by atoms with Crippen LogP contribution in [0.2, 0.25) is 0 Å². The molecular formula is C9H16N2. The summed E-state index contributed by atoms with van der Waals surface area (Å²) in [6, 6.07) is 0.527. The van der Waals surface area contributed by atoms with E-state index in [9.17, 15) is 0 Å². The monoisotopic (exact) mass is 152 g/mol. The summed E-state index contributed by atoms with van der Waals surface area (Å²) < 4.78 is 0. The van der Waals surface area contributed by atoms with Crippen LogP contribution < -0.4 is 0 Å². The fourth-order valence-electron chi connectivity index (χ4n) is 1.71. The summed E-state index contributed by atoms with van der Waals surface area (Å²) in [6.07, 6.45) is 4.76. The van der Waals surface area contributed by atoms with Gasteiger partial charge in [0, 0.05) is 6.21 Å². The highest BCUT2D eigenvalue weighted by molar-refractivity contribution is 5.70. The molecule has 2 nitrogen and oxygen atoms in total. The van der Waals surface area contributed by atoms with Crippen LogP contribution in [-0.2, 0) is 0 Å². The van der Waals surface area contributed by atoms with Gasteiger partial charge in [-0.2, -0.15) is 0 Å². The van der Waals surface area contributed by atoms with Gasteiger partial charge in [-0.3, -0.25) is 4.99 Å². The molecule has 1 fully saturated rings. The summed E-state index contributed by atoms with van der Waals surface area (Å²) in [6.45, 7) is 6.40. The lowest BCUT2D eigenvalue weighted by Gasteiger charge is -2.37. The van der Waals surface area contributed by atoms with Crippen molar-refractivity contribution in [2.45, 2.75) is 33.2 Å². The standard InChI is InChI=1S/C9H16N2/c1-4-10-6-11-9-7(2)5-8(9)3/h4,6-9H,5H2,1-3H3. The molecule has 2 atom stereocenters. The Hall–Kier alpha value is -0.660. The van der Waals surface area contributed by atoms with Crippen LogP contribution in [0.25, 0.3) is 0 Å². The van der Waals surface area contributed by atoms with E-state index in [0.717, 1.165) is 11.8 Å². The van der Waals surface area contributed by atoms with E-state index in [2.05, 4.69) is 23.8 Å². The van der Waals surface area contributed by atoms with Crippen molar-refractivity contribution in [1.29, 1.82) is 0 Å². The Kier molecular flexibility index (Phi) is 2.80. The lowest BCUT2D eigenvalue weighted by molar-refractivity contribution is 0.182. The van der Waals surface area contributed by atoms with Crippen LogP contribution in [0.5, 0.6) is 0 Å². The van der Waals surface area contributed by atoms with Crippen LogP contribution in [0.1, 0.15) is 27.2 Å². The molecule has 62 valence electrons.